The largest absolute Gasteiger partial charge is 0.508 e. The van der Waals surface area contributed by atoms with Crippen molar-refractivity contribution < 1.29 is 9.90 Å². The predicted octanol–water partition coefficient (Wildman–Crippen LogP) is 5.42. The standard InChI is InChI=1S/C24H23N3O2/c1-13-5-7-18(9-14(13)2)25-24(29)17-6-8-20-21(12-17)27-23(26-20)22-15(3)10-19(28)11-16(22)4/h5-12,28H,1-4H3,(H,25,29)(H,26,27). The number of carbonyl (C=O) groups excluding carboxylic acids is 1. The number of hydrogen-bond donors (Lipinski definition) is 3. The molecule has 29 heavy (non-hydrogen) atoms. The van der Waals surface area contributed by atoms with E-state index in [1.165, 1.54) is 5.56 Å². The molecule has 0 saturated carbocycles. The molecular formula is C24H23N3O2. The van der Waals surface area contributed by atoms with Crippen molar-refractivity contribution in [1.82, 2.24) is 9.97 Å². The van der Waals surface area contributed by atoms with E-state index < -0.39 is 0 Å². The molecule has 4 rings (SSSR count). The zero-order chi connectivity index (χ0) is 20.7. The number of carbonyl (C=O) groups is 1. The number of hydrogen-bond acceptors (Lipinski definition) is 3. The number of imidazole rings is 1. The molecule has 0 bridgehead atoms. The Labute approximate surface area is 169 Å². The third kappa shape index (κ3) is 3.59. The van der Waals surface area contributed by atoms with E-state index in [-0.39, 0.29) is 11.7 Å². The Kier molecular flexibility index (Phi) is 4.59. The minimum atomic E-state index is -0.164. The molecule has 0 atom stereocenters. The molecule has 0 fully saturated rings. The van der Waals surface area contributed by atoms with Crippen LogP contribution in [0.3, 0.4) is 0 Å². The number of nitrogens with one attached hydrogen (secondary N) is 2. The second-order valence-electron chi connectivity index (χ2n) is 7.53. The number of aromatic nitrogens is 2. The molecule has 3 N–H and O–H groups in total. The molecular weight excluding hydrogens is 362 g/mol. The molecule has 5 nitrogen and oxygen atoms in total. The number of phenols is 1. The van der Waals surface area contributed by atoms with Crippen LogP contribution < -0.4 is 5.32 Å². The number of amides is 1. The first kappa shape index (κ1) is 18.7. The van der Waals surface area contributed by atoms with Gasteiger partial charge in [0.25, 0.3) is 5.91 Å². The molecule has 0 saturated heterocycles. The number of benzene rings is 3. The zero-order valence-electron chi connectivity index (χ0n) is 16.9. The Hall–Kier alpha value is -3.60. The van der Waals surface area contributed by atoms with Crippen LogP contribution in [0.25, 0.3) is 22.4 Å². The number of rotatable bonds is 3. The summed E-state index contributed by atoms with van der Waals surface area (Å²) in [5, 5.41) is 12.7. The van der Waals surface area contributed by atoms with Crippen molar-refractivity contribution in [3.63, 3.8) is 0 Å². The van der Waals surface area contributed by atoms with Gasteiger partial charge in [-0.3, -0.25) is 4.79 Å². The topological polar surface area (TPSA) is 78.0 Å². The summed E-state index contributed by atoms with van der Waals surface area (Å²) in [7, 11) is 0. The van der Waals surface area contributed by atoms with Gasteiger partial charge in [0.15, 0.2) is 0 Å². The molecule has 0 aliphatic carbocycles. The number of nitrogens with zero attached hydrogens (tertiary/aromatic N) is 1. The normalized spacial score (nSPS) is 11.0. The van der Waals surface area contributed by atoms with E-state index in [2.05, 4.69) is 15.3 Å². The summed E-state index contributed by atoms with van der Waals surface area (Å²) < 4.78 is 0. The number of aromatic amines is 1. The summed E-state index contributed by atoms with van der Waals surface area (Å²) in [5.74, 6) is 0.801. The van der Waals surface area contributed by atoms with Gasteiger partial charge in [0.05, 0.1) is 11.0 Å². The highest BCUT2D eigenvalue weighted by atomic mass is 16.3. The van der Waals surface area contributed by atoms with Gasteiger partial charge in [-0.1, -0.05) is 6.07 Å². The van der Waals surface area contributed by atoms with Crippen LogP contribution in [-0.4, -0.2) is 21.0 Å². The average molecular weight is 385 g/mol. The van der Waals surface area contributed by atoms with Crippen molar-refractivity contribution in [1.29, 1.82) is 0 Å². The first-order chi connectivity index (χ1) is 13.8. The second kappa shape index (κ2) is 7.09. The molecule has 146 valence electrons. The van der Waals surface area contributed by atoms with Crippen molar-refractivity contribution in [2.24, 2.45) is 0 Å². The molecule has 1 amide bonds. The number of fused-ring (bicyclic) bond motifs is 1. The fourth-order valence-corrected chi connectivity index (χ4v) is 3.61. The highest BCUT2D eigenvalue weighted by molar-refractivity contribution is 6.06. The van der Waals surface area contributed by atoms with Crippen LogP contribution in [-0.2, 0) is 0 Å². The maximum Gasteiger partial charge on any atom is 0.255 e. The third-order valence-corrected chi connectivity index (χ3v) is 5.26. The van der Waals surface area contributed by atoms with Crippen molar-refractivity contribution in [2.75, 3.05) is 5.32 Å². The van der Waals surface area contributed by atoms with Gasteiger partial charge in [0.2, 0.25) is 0 Å². The Balaban J connectivity index is 1.66. The van der Waals surface area contributed by atoms with E-state index in [4.69, 9.17) is 0 Å². The summed E-state index contributed by atoms with van der Waals surface area (Å²) >= 11 is 0. The minimum Gasteiger partial charge on any atom is -0.508 e. The van der Waals surface area contributed by atoms with Gasteiger partial charge in [0.1, 0.15) is 11.6 Å². The van der Waals surface area contributed by atoms with E-state index >= 15 is 0 Å². The van der Waals surface area contributed by atoms with E-state index in [0.717, 1.165) is 44.8 Å². The number of aromatic hydroxyl groups is 1. The van der Waals surface area contributed by atoms with Crippen LogP contribution in [0.1, 0.15) is 32.6 Å². The summed E-state index contributed by atoms with van der Waals surface area (Å²) in [5.41, 5.74) is 8.08. The molecule has 3 aromatic carbocycles. The summed E-state index contributed by atoms with van der Waals surface area (Å²) in [6.45, 7) is 7.95. The summed E-state index contributed by atoms with van der Waals surface area (Å²) in [4.78, 5) is 20.7. The lowest BCUT2D eigenvalue weighted by Crippen LogP contribution is -2.11. The Morgan fingerprint density at radius 2 is 1.62 bits per heavy atom. The van der Waals surface area contributed by atoms with Crippen molar-refractivity contribution in [3.8, 4) is 17.1 Å². The van der Waals surface area contributed by atoms with Crippen LogP contribution >= 0.6 is 0 Å². The molecule has 1 aromatic heterocycles. The van der Waals surface area contributed by atoms with Crippen molar-refractivity contribution >= 4 is 22.6 Å². The monoisotopic (exact) mass is 385 g/mol. The van der Waals surface area contributed by atoms with Gasteiger partial charge in [-0.2, -0.15) is 0 Å². The number of phenolic OH excluding ortho intramolecular Hbond substituents is 1. The summed E-state index contributed by atoms with van der Waals surface area (Å²) in [6.07, 6.45) is 0. The highest BCUT2D eigenvalue weighted by Crippen LogP contribution is 2.30. The van der Waals surface area contributed by atoms with Gasteiger partial charge in [0, 0.05) is 16.8 Å². The van der Waals surface area contributed by atoms with Gasteiger partial charge in [-0.15, -0.1) is 0 Å². The molecule has 0 spiro atoms. The lowest BCUT2D eigenvalue weighted by molar-refractivity contribution is 0.102. The summed E-state index contributed by atoms with van der Waals surface area (Å²) in [6, 6.07) is 14.7. The zero-order valence-corrected chi connectivity index (χ0v) is 16.9. The molecule has 0 radical (unpaired) electrons. The quantitative estimate of drug-likeness (QED) is 0.440. The molecule has 0 aliphatic rings. The lowest BCUT2D eigenvalue weighted by atomic mass is 10.0. The Bertz CT molecular complexity index is 1230. The maximum atomic E-state index is 12.7. The fourth-order valence-electron chi connectivity index (χ4n) is 3.61. The SMILES string of the molecule is Cc1ccc(NC(=O)c2ccc3nc(-c4c(C)cc(O)cc4C)[nH]c3c2)cc1C. The van der Waals surface area contributed by atoms with Crippen LogP contribution in [0.5, 0.6) is 5.75 Å². The number of anilines is 1. The molecule has 5 heteroatoms. The predicted molar refractivity (Wildman–Crippen MR) is 117 cm³/mol. The third-order valence-electron chi connectivity index (χ3n) is 5.26. The van der Waals surface area contributed by atoms with Crippen molar-refractivity contribution in [3.05, 3.63) is 76.3 Å². The molecule has 0 aliphatic heterocycles. The number of H-pyrrole nitrogens is 1. The minimum absolute atomic E-state index is 0.164. The van der Waals surface area contributed by atoms with E-state index in [1.807, 2.05) is 58.0 Å². The van der Waals surface area contributed by atoms with Gasteiger partial charge in [-0.25, -0.2) is 4.98 Å². The van der Waals surface area contributed by atoms with Crippen LogP contribution in [0.2, 0.25) is 0 Å². The van der Waals surface area contributed by atoms with E-state index in [0.29, 0.717) is 5.56 Å². The van der Waals surface area contributed by atoms with E-state index in [9.17, 15) is 9.90 Å². The molecule has 1 heterocycles. The second-order valence-corrected chi connectivity index (χ2v) is 7.53. The maximum absolute atomic E-state index is 12.7. The van der Waals surface area contributed by atoms with Gasteiger partial charge < -0.3 is 15.4 Å². The van der Waals surface area contributed by atoms with Gasteiger partial charge in [-0.05, 0) is 92.4 Å². The van der Waals surface area contributed by atoms with Crippen LogP contribution in [0, 0.1) is 27.7 Å². The average Bonchev–Trinajstić information content (AvgIpc) is 3.06. The smallest absolute Gasteiger partial charge is 0.255 e. The van der Waals surface area contributed by atoms with Crippen molar-refractivity contribution in [2.45, 2.75) is 27.7 Å². The lowest BCUT2D eigenvalue weighted by Gasteiger charge is -2.08. The molecule has 4 aromatic rings. The first-order valence-corrected chi connectivity index (χ1v) is 9.51. The fraction of sp³-hybridized carbons (Fsp3) is 0.167. The van der Waals surface area contributed by atoms with Gasteiger partial charge >= 0.3 is 0 Å². The Morgan fingerprint density at radius 3 is 2.31 bits per heavy atom. The van der Waals surface area contributed by atoms with Crippen LogP contribution in [0.4, 0.5) is 5.69 Å². The highest BCUT2D eigenvalue weighted by Gasteiger charge is 2.14. The van der Waals surface area contributed by atoms with E-state index in [1.54, 1.807) is 18.2 Å². The number of aryl methyl sites for hydroxylation is 4. The molecule has 0 unspecified atom stereocenters. The van der Waals surface area contributed by atoms with Crippen LogP contribution in [0.15, 0.2) is 48.5 Å². The Morgan fingerprint density at radius 1 is 0.897 bits per heavy atom. The first-order valence-electron chi connectivity index (χ1n) is 9.51.